The molecule has 2 aliphatic rings. The first-order valence-electron chi connectivity index (χ1n) is 13.4. The van der Waals surface area contributed by atoms with Crippen molar-refractivity contribution in [1.82, 2.24) is 5.01 Å². The Kier molecular flexibility index (Phi) is 8.00. The van der Waals surface area contributed by atoms with Crippen molar-refractivity contribution >= 4 is 35.0 Å². The lowest BCUT2D eigenvalue weighted by atomic mass is 9.77. The Balaban J connectivity index is 1.39. The number of hydrogen-bond acceptors (Lipinski definition) is 7. The molecule has 9 nitrogen and oxygen atoms in total. The van der Waals surface area contributed by atoms with Crippen molar-refractivity contribution in [2.24, 2.45) is 11.0 Å². The summed E-state index contributed by atoms with van der Waals surface area (Å²) in [4.78, 5) is 37.2. The van der Waals surface area contributed by atoms with Crippen molar-refractivity contribution < 1.29 is 19.2 Å². The molecule has 40 heavy (non-hydrogen) atoms. The van der Waals surface area contributed by atoms with E-state index in [1.165, 1.54) is 17.1 Å². The number of esters is 1. The van der Waals surface area contributed by atoms with Gasteiger partial charge in [0.05, 0.1) is 22.2 Å². The second-order valence-electron chi connectivity index (χ2n) is 9.75. The zero-order chi connectivity index (χ0) is 28.1. The summed E-state index contributed by atoms with van der Waals surface area (Å²) in [6, 6.07) is 23.5. The smallest absolute Gasteiger partial charge is 0.338 e. The van der Waals surface area contributed by atoms with E-state index < -0.39 is 23.4 Å². The molecule has 5 rings (SSSR count). The van der Waals surface area contributed by atoms with Gasteiger partial charge in [0.15, 0.2) is 6.61 Å². The maximum atomic E-state index is 13.5. The third kappa shape index (κ3) is 5.63. The van der Waals surface area contributed by atoms with Gasteiger partial charge < -0.3 is 10.1 Å². The molecule has 0 bridgehead atoms. The van der Waals surface area contributed by atoms with Gasteiger partial charge in [0.2, 0.25) is 0 Å². The molecular formula is C31H30N4O5. The van der Waals surface area contributed by atoms with E-state index in [0.29, 0.717) is 12.2 Å². The van der Waals surface area contributed by atoms with Crippen molar-refractivity contribution in [1.29, 1.82) is 0 Å². The molecule has 1 fully saturated rings. The molecule has 3 aromatic rings. The molecule has 0 saturated heterocycles. The number of nitrogens with one attached hydrogen (secondary N) is 1. The highest BCUT2D eigenvalue weighted by Gasteiger charge is 2.43. The van der Waals surface area contributed by atoms with Gasteiger partial charge in [-0.25, -0.2) is 9.80 Å². The Morgan fingerprint density at radius 3 is 2.52 bits per heavy atom. The summed E-state index contributed by atoms with van der Waals surface area (Å²) >= 11 is 0. The predicted octanol–water partition coefficient (Wildman–Crippen LogP) is 6.01. The normalized spacial score (nSPS) is 19.1. The summed E-state index contributed by atoms with van der Waals surface area (Å²) in [6.07, 6.45) is 4.86. The van der Waals surface area contributed by atoms with E-state index in [0.717, 1.165) is 47.7 Å². The topological polar surface area (TPSA) is 114 Å². The average molecular weight is 539 g/mol. The molecule has 3 aromatic carbocycles. The van der Waals surface area contributed by atoms with Gasteiger partial charge in [-0.3, -0.25) is 14.9 Å². The molecule has 0 spiro atoms. The molecule has 2 unspecified atom stereocenters. The Bertz CT molecular complexity index is 1470. The molecular weight excluding hydrogens is 508 g/mol. The van der Waals surface area contributed by atoms with E-state index >= 15 is 0 Å². The number of allylic oxidation sites excluding steroid dienone is 1. The van der Waals surface area contributed by atoms with E-state index in [9.17, 15) is 19.7 Å². The molecule has 1 aliphatic heterocycles. The molecule has 2 atom stereocenters. The summed E-state index contributed by atoms with van der Waals surface area (Å²) in [5.41, 5.74) is 4.09. The number of rotatable bonds is 8. The zero-order valence-electron chi connectivity index (χ0n) is 22.2. The van der Waals surface area contributed by atoms with Crippen molar-refractivity contribution in [3.8, 4) is 0 Å². The molecule has 0 aromatic heterocycles. The number of fused-ring (bicyclic) bond motifs is 1. The van der Waals surface area contributed by atoms with Crippen LogP contribution in [0.4, 0.5) is 11.4 Å². The van der Waals surface area contributed by atoms with Crippen LogP contribution >= 0.6 is 0 Å². The van der Waals surface area contributed by atoms with Crippen LogP contribution in [0.5, 0.6) is 0 Å². The minimum absolute atomic E-state index is 0.00440. The largest absolute Gasteiger partial charge is 0.452 e. The predicted molar refractivity (Wildman–Crippen MR) is 153 cm³/mol. The zero-order valence-corrected chi connectivity index (χ0v) is 22.2. The third-order valence-electron chi connectivity index (χ3n) is 7.16. The number of carbonyl (C=O) groups is 2. The van der Waals surface area contributed by atoms with Gasteiger partial charge in [-0.15, -0.1) is 0 Å². The summed E-state index contributed by atoms with van der Waals surface area (Å²) < 4.78 is 5.34. The minimum Gasteiger partial charge on any atom is -0.452 e. The van der Waals surface area contributed by atoms with Crippen LogP contribution in [0.2, 0.25) is 0 Å². The summed E-state index contributed by atoms with van der Waals surface area (Å²) in [6.45, 7) is 1.77. The SMILES string of the molecule is CCNc1ccc(C(=O)OCC(=O)N2N=C3C(=Cc4ccccc4)CCCC3C2c2ccccc2)cc1[N+](=O)[O-]. The van der Waals surface area contributed by atoms with E-state index in [4.69, 9.17) is 9.84 Å². The van der Waals surface area contributed by atoms with E-state index in [2.05, 4.69) is 11.4 Å². The number of nitro groups is 1. The number of amides is 1. The van der Waals surface area contributed by atoms with Gasteiger partial charge in [0.25, 0.3) is 11.6 Å². The highest BCUT2D eigenvalue weighted by molar-refractivity contribution is 6.08. The number of benzene rings is 3. The lowest BCUT2D eigenvalue weighted by molar-refractivity contribution is -0.384. The standard InChI is InChI=1S/C31H30N4O5/c1-2-32-26-17-16-24(19-27(26)35(38)39)31(37)40-20-28(36)34-30(22-12-7-4-8-13-22)25-15-9-14-23(29(25)33-34)18-21-10-5-3-6-11-21/h3-8,10-13,16-19,25,30,32H,2,9,14-15,20H2,1H3. The highest BCUT2D eigenvalue weighted by Crippen LogP contribution is 2.44. The van der Waals surface area contributed by atoms with Crippen LogP contribution in [0.15, 0.2) is 89.5 Å². The molecule has 9 heteroatoms. The second kappa shape index (κ2) is 11.9. The number of carbonyl (C=O) groups excluding carboxylic acids is 2. The Hall–Kier alpha value is -4.79. The first-order chi connectivity index (χ1) is 19.5. The van der Waals surface area contributed by atoms with Crippen LogP contribution < -0.4 is 5.32 Å². The second-order valence-corrected chi connectivity index (χ2v) is 9.75. The summed E-state index contributed by atoms with van der Waals surface area (Å²) in [5, 5.41) is 20.6. The van der Waals surface area contributed by atoms with Gasteiger partial charge in [-0.05, 0) is 61.1 Å². The molecule has 1 N–H and O–H groups in total. The fourth-order valence-electron chi connectivity index (χ4n) is 5.37. The van der Waals surface area contributed by atoms with Crippen LogP contribution in [0.3, 0.4) is 0 Å². The van der Waals surface area contributed by atoms with E-state index in [1.54, 1.807) is 0 Å². The van der Waals surface area contributed by atoms with Gasteiger partial charge in [-0.1, -0.05) is 60.7 Å². The van der Waals surface area contributed by atoms with Crippen LogP contribution in [0.25, 0.3) is 6.08 Å². The average Bonchev–Trinajstić information content (AvgIpc) is 3.38. The first kappa shape index (κ1) is 26.8. The lowest BCUT2D eigenvalue weighted by Crippen LogP contribution is -2.34. The van der Waals surface area contributed by atoms with Crippen molar-refractivity contribution in [2.45, 2.75) is 32.2 Å². The van der Waals surface area contributed by atoms with E-state index in [-0.39, 0.29) is 23.2 Å². The molecule has 1 aliphatic carbocycles. The summed E-state index contributed by atoms with van der Waals surface area (Å²) in [5.74, 6) is -1.25. The van der Waals surface area contributed by atoms with Crippen molar-refractivity contribution in [2.75, 3.05) is 18.5 Å². The molecule has 1 amide bonds. The maximum absolute atomic E-state index is 13.5. The quantitative estimate of drug-likeness (QED) is 0.214. The molecule has 204 valence electrons. The van der Waals surface area contributed by atoms with Crippen LogP contribution in [0.1, 0.15) is 53.7 Å². The summed E-state index contributed by atoms with van der Waals surface area (Å²) in [7, 11) is 0. The first-order valence-corrected chi connectivity index (χ1v) is 13.4. The van der Waals surface area contributed by atoms with Crippen LogP contribution in [0, 0.1) is 16.0 Å². The van der Waals surface area contributed by atoms with Crippen molar-refractivity contribution in [3.63, 3.8) is 0 Å². The monoisotopic (exact) mass is 538 g/mol. The Labute approximate surface area is 232 Å². The maximum Gasteiger partial charge on any atom is 0.338 e. The molecule has 0 radical (unpaired) electrons. The van der Waals surface area contributed by atoms with Crippen molar-refractivity contribution in [3.05, 3.63) is 111 Å². The van der Waals surface area contributed by atoms with Gasteiger partial charge >= 0.3 is 5.97 Å². The lowest BCUT2D eigenvalue weighted by Gasteiger charge is -2.29. The third-order valence-corrected chi connectivity index (χ3v) is 7.16. The number of hydrazone groups is 1. The molecule has 1 heterocycles. The molecule has 1 saturated carbocycles. The fraction of sp³-hybridized carbons (Fsp3) is 0.258. The van der Waals surface area contributed by atoms with Gasteiger partial charge in [0, 0.05) is 18.5 Å². The minimum atomic E-state index is -0.815. The number of anilines is 1. The Morgan fingerprint density at radius 2 is 1.82 bits per heavy atom. The Morgan fingerprint density at radius 1 is 1.10 bits per heavy atom. The highest BCUT2D eigenvalue weighted by atomic mass is 16.6. The number of ether oxygens (including phenoxy) is 1. The fourth-order valence-corrected chi connectivity index (χ4v) is 5.37. The van der Waals surface area contributed by atoms with Crippen LogP contribution in [-0.4, -0.2) is 40.7 Å². The number of hydrogen-bond donors (Lipinski definition) is 1. The number of nitrogens with zero attached hydrogens (tertiary/aromatic N) is 3. The van der Waals surface area contributed by atoms with E-state index in [1.807, 2.05) is 67.6 Å². The van der Waals surface area contributed by atoms with Gasteiger partial charge in [0.1, 0.15) is 5.69 Å². The van der Waals surface area contributed by atoms with Gasteiger partial charge in [-0.2, -0.15) is 5.10 Å². The van der Waals surface area contributed by atoms with Crippen LogP contribution in [-0.2, 0) is 9.53 Å². The number of nitro benzene ring substituents is 1.